The third-order valence-electron chi connectivity index (χ3n) is 6.18. The Morgan fingerprint density at radius 2 is 2.15 bits per heavy atom. The van der Waals surface area contributed by atoms with E-state index in [9.17, 15) is 18.0 Å². The monoisotopic (exact) mass is 479 g/mol. The van der Waals surface area contributed by atoms with Crippen molar-refractivity contribution >= 4 is 28.8 Å². The van der Waals surface area contributed by atoms with Crippen LogP contribution in [0.1, 0.15) is 18.4 Å². The summed E-state index contributed by atoms with van der Waals surface area (Å²) in [6.45, 7) is 6.90. The molecular weight excluding hydrogens is 451 g/mol. The molecule has 2 aliphatic heterocycles. The van der Waals surface area contributed by atoms with Crippen LogP contribution in [0.5, 0.6) is 0 Å². The first-order valence-electron chi connectivity index (χ1n) is 11.3. The molecule has 0 saturated carbocycles. The number of aliphatic imine (C=N–C) groups is 1. The molecule has 34 heavy (non-hydrogen) atoms. The van der Waals surface area contributed by atoms with Gasteiger partial charge in [0.15, 0.2) is 5.82 Å². The first-order valence-corrected chi connectivity index (χ1v) is 11.3. The maximum absolute atomic E-state index is 13.0. The fourth-order valence-corrected chi connectivity index (χ4v) is 4.40. The molecule has 2 N–H and O–H groups in total. The predicted molar refractivity (Wildman–Crippen MR) is 122 cm³/mol. The zero-order chi connectivity index (χ0) is 24.1. The molecule has 1 aromatic heterocycles. The van der Waals surface area contributed by atoms with Gasteiger partial charge in [-0.05, 0) is 31.0 Å². The van der Waals surface area contributed by atoms with Crippen molar-refractivity contribution in [2.75, 3.05) is 44.8 Å². The number of nitrogens with one attached hydrogen (secondary N) is 2. The molecule has 2 fully saturated rings. The standard InChI is InChI=1S/C23H28F3N5O3/c1-2-7-34-20-14-31(17-5-8-33-9-6-17)13-15(20)11-27-21(32)12-28-22-18-10-16(23(24,25)26)3-4-19(18)29-30-22/h2-4,10-11,15,17,20H,1,5-9,12-14H2,(H2,28,29,30)/t15?,20-/m0/s1. The second-order valence-electron chi connectivity index (χ2n) is 8.48. The van der Waals surface area contributed by atoms with Crippen LogP contribution in [0.2, 0.25) is 0 Å². The number of alkyl halides is 3. The second-order valence-corrected chi connectivity index (χ2v) is 8.48. The lowest BCUT2D eigenvalue weighted by molar-refractivity contribution is -0.137. The van der Waals surface area contributed by atoms with Crippen LogP contribution in [-0.4, -0.2) is 78.8 Å². The molecule has 2 atom stereocenters. The highest BCUT2D eigenvalue weighted by atomic mass is 19.4. The Morgan fingerprint density at radius 1 is 1.35 bits per heavy atom. The molecule has 0 bridgehead atoms. The number of halogens is 3. The minimum Gasteiger partial charge on any atom is -0.381 e. The summed E-state index contributed by atoms with van der Waals surface area (Å²) >= 11 is 0. The molecule has 4 rings (SSSR count). The number of aromatic amines is 1. The van der Waals surface area contributed by atoms with Crippen LogP contribution in [0.15, 0.2) is 35.8 Å². The Labute approximate surface area is 195 Å². The summed E-state index contributed by atoms with van der Waals surface area (Å²) in [5.41, 5.74) is -0.345. The van der Waals surface area contributed by atoms with Gasteiger partial charge in [0.2, 0.25) is 0 Å². The second kappa shape index (κ2) is 10.7. The number of carbonyl (C=O) groups is 1. The normalized spacial score (nSPS) is 22.6. The van der Waals surface area contributed by atoms with E-state index < -0.39 is 17.6 Å². The van der Waals surface area contributed by atoms with Crippen molar-refractivity contribution in [3.63, 3.8) is 0 Å². The van der Waals surface area contributed by atoms with Crippen LogP contribution in [-0.2, 0) is 20.4 Å². The third-order valence-corrected chi connectivity index (χ3v) is 6.18. The number of fused-ring (bicyclic) bond motifs is 1. The Hall–Kier alpha value is -2.76. The fraction of sp³-hybridized carbons (Fsp3) is 0.522. The van der Waals surface area contributed by atoms with Crippen molar-refractivity contribution in [1.29, 1.82) is 0 Å². The lowest BCUT2D eigenvalue weighted by atomic mass is 10.1. The van der Waals surface area contributed by atoms with Gasteiger partial charge in [-0.2, -0.15) is 18.3 Å². The Kier molecular flexibility index (Phi) is 7.64. The van der Waals surface area contributed by atoms with Gasteiger partial charge in [-0.25, -0.2) is 4.99 Å². The highest BCUT2D eigenvalue weighted by Gasteiger charge is 2.36. The maximum atomic E-state index is 13.0. The number of benzene rings is 1. The van der Waals surface area contributed by atoms with Crippen molar-refractivity contribution in [3.8, 4) is 0 Å². The molecule has 0 radical (unpaired) electrons. The van der Waals surface area contributed by atoms with Crippen LogP contribution in [0.4, 0.5) is 19.0 Å². The first kappa shape index (κ1) is 24.4. The number of hydrogen-bond donors (Lipinski definition) is 2. The lowest BCUT2D eigenvalue weighted by Gasteiger charge is -2.30. The Bertz CT molecular complexity index is 1030. The van der Waals surface area contributed by atoms with Crippen LogP contribution < -0.4 is 5.32 Å². The van der Waals surface area contributed by atoms with Gasteiger partial charge < -0.3 is 14.8 Å². The van der Waals surface area contributed by atoms with Crippen molar-refractivity contribution < 1.29 is 27.4 Å². The summed E-state index contributed by atoms with van der Waals surface area (Å²) in [5, 5.41) is 9.68. The molecule has 11 heteroatoms. The van der Waals surface area contributed by atoms with Crippen molar-refractivity contribution in [2.24, 2.45) is 10.9 Å². The van der Waals surface area contributed by atoms with Crippen LogP contribution >= 0.6 is 0 Å². The van der Waals surface area contributed by atoms with Gasteiger partial charge >= 0.3 is 6.18 Å². The molecule has 184 valence electrons. The molecule has 1 aromatic carbocycles. The molecular formula is C23H28F3N5O3. The number of anilines is 1. The van der Waals surface area contributed by atoms with E-state index in [-0.39, 0.29) is 29.8 Å². The smallest absolute Gasteiger partial charge is 0.381 e. The van der Waals surface area contributed by atoms with E-state index in [0.717, 1.165) is 51.3 Å². The summed E-state index contributed by atoms with van der Waals surface area (Å²) in [6.07, 6.45) is 0.692. The highest BCUT2D eigenvalue weighted by molar-refractivity contribution is 5.93. The number of carbonyl (C=O) groups excluding carboxylic acids is 1. The lowest BCUT2D eigenvalue weighted by Crippen LogP contribution is -2.38. The number of likely N-dealkylation sites (tertiary alicyclic amines) is 1. The molecule has 2 saturated heterocycles. The van der Waals surface area contributed by atoms with E-state index >= 15 is 0 Å². The molecule has 1 unspecified atom stereocenters. The molecule has 3 heterocycles. The van der Waals surface area contributed by atoms with Gasteiger partial charge in [0.05, 0.1) is 30.3 Å². The Morgan fingerprint density at radius 3 is 2.88 bits per heavy atom. The number of amides is 1. The number of rotatable bonds is 8. The van der Waals surface area contributed by atoms with Crippen molar-refractivity contribution in [3.05, 3.63) is 36.4 Å². The van der Waals surface area contributed by atoms with E-state index in [1.807, 2.05) is 0 Å². The highest BCUT2D eigenvalue weighted by Crippen LogP contribution is 2.33. The maximum Gasteiger partial charge on any atom is 0.416 e. The zero-order valence-electron chi connectivity index (χ0n) is 18.7. The van der Waals surface area contributed by atoms with Gasteiger partial charge in [0, 0.05) is 49.9 Å². The number of nitrogens with zero attached hydrogens (tertiary/aromatic N) is 3. The summed E-state index contributed by atoms with van der Waals surface area (Å²) in [4.78, 5) is 18.8. The fourth-order valence-electron chi connectivity index (χ4n) is 4.40. The third kappa shape index (κ3) is 5.83. The predicted octanol–water partition coefficient (Wildman–Crippen LogP) is 3.27. The SMILES string of the molecule is C=CCO[C@H]1CN(C2CCOCC2)CC1C=NC(=O)CNc1n[nH]c2ccc(C(F)(F)F)cc12. The van der Waals surface area contributed by atoms with E-state index in [1.54, 1.807) is 12.3 Å². The molecule has 0 spiro atoms. The number of H-pyrrole nitrogens is 1. The summed E-state index contributed by atoms with van der Waals surface area (Å²) in [7, 11) is 0. The topological polar surface area (TPSA) is 91.8 Å². The van der Waals surface area contributed by atoms with Crippen molar-refractivity contribution in [1.82, 2.24) is 15.1 Å². The minimum absolute atomic E-state index is 0.0488. The van der Waals surface area contributed by atoms with E-state index in [2.05, 4.69) is 32.0 Å². The number of aromatic nitrogens is 2. The molecule has 8 nitrogen and oxygen atoms in total. The summed E-state index contributed by atoms with van der Waals surface area (Å²) in [5.74, 6) is -0.328. The quantitative estimate of drug-likeness (QED) is 0.446. The molecule has 2 aliphatic rings. The van der Waals surface area contributed by atoms with Gasteiger partial charge in [0.25, 0.3) is 5.91 Å². The molecule has 1 amide bonds. The number of hydrogen-bond acceptors (Lipinski definition) is 6. The molecule has 0 aliphatic carbocycles. The minimum atomic E-state index is -4.47. The molecule has 2 aromatic rings. The average Bonchev–Trinajstić information content (AvgIpc) is 3.43. The van der Waals surface area contributed by atoms with Crippen LogP contribution in [0.25, 0.3) is 10.9 Å². The average molecular weight is 480 g/mol. The van der Waals surface area contributed by atoms with Gasteiger partial charge in [-0.3, -0.25) is 14.8 Å². The van der Waals surface area contributed by atoms with Crippen LogP contribution in [0, 0.1) is 5.92 Å². The van der Waals surface area contributed by atoms with Crippen molar-refractivity contribution in [2.45, 2.75) is 31.2 Å². The summed E-state index contributed by atoms with van der Waals surface area (Å²) < 4.78 is 50.4. The first-order chi connectivity index (χ1) is 16.3. The van der Waals surface area contributed by atoms with E-state index in [4.69, 9.17) is 9.47 Å². The largest absolute Gasteiger partial charge is 0.416 e. The van der Waals surface area contributed by atoms with Gasteiger partial charge in [-0.1, -0.05) is 6.08 Å². The van der Waals surface area contributed by atoms with E-state index in [0.29, 0.717) is 18.2 Å². The van der Waals surface area contributed by atoms with E-state index in [1.165, 1.54) is 6.07 Å². The Balaban J connectivity index is 1.37. The zero-order valence-corrected chi connectivity index (χ0v) is 18.7. The summed E-state index contributed by atoms with van der Waals surface area (Å²) in [6, 6.07) is 3.72. The van der Waals surface area contributed by atoms with Crippen LogP contribution in [0.3, 0.4) is 0 Å². The van der Waals surface area contributed by atoms with Gasteiger partial charge in [0.1, 0.15) is 0 Å². The number of ether oxygens (including phenoxy) is 2. The van der Waals surface area contributed by atoms with Gasteiger partial charge in [-0.15, -0.1) is 6.58 Å².